The molecule has 0 radical (unpaired) electrons. The summed E-state index contributed by atoms with van der Waals surface area (Å²) in [5, 5.41) is 0. The average molecular weight is 317 g/mol. The first kappa shape index (κ1) is 16.7. The number of hydrogen-bond donors (Lipinski definition) is 0. The Hall–Kier alpha value is -1.65. The van der Waals surface area contributed by atoms with E-state index in [0.717, 1.165) is 30.4 Å². The lowest BCUT2D eigenvalue weighted by atomic mass is 10.1. The van der Waals surface area contributed by atoms with E-state index >= 15 is 0 Å². The lowest BCUT2D eigenvalue weighted by Gasteiger charge is -2.24. The summed E-state index contributed by atoms with van der Waals surface area (Å²) in [4.78, 5) is 0.352. The van der Waals surface area contributed by atoms with Gasteiger partial charge in [-0.2, -0.15) is 4.31 Å². The van der Waals surface area contributed by atoms with Crippen LogP contribution in [0.15, 0.2) is 66.1 Å². The van der Waals surface area contributed by atoms with E-state index in [-0.39, 0.29) is 6.04 Å². The fraction of sp³-hybridized carbons (Fsp3) is 0.333. The van der Waals surface area contributed by atoms with Crippen molar-refractivity contribution >= 4 is 10.0 Å². The minimum absolute atomic E-state index is 0.0979. The van der Waals surface area contributed by atoms with Gasteiger partial charge in [0, 0.05) is 12.6 Å². The summed E-state index contributed by atoms with van der Waals surface area (Å²) in [6.07, 6.45) is 8.24. The third-order valence-corrected chi connectivity index (χ3v) is 5.80. The molecule has 1 aromatic carbocycles. The zero-order chi connectivity index (χ0) is 16.2. The molecular formula is C18H23NO2S. The van der Waals surface area contributed by atoms with Crippen molar-refractivity contribution < 1.29 is 8.42 Å². The van der Waals surface area contributed by atoms with E-state index < -0.39 is 10.0 Å². The number of unbranched alkanes of at least 4 members (excludes halogenated alkanes) is 1. The molecule has 4 heteroatoms. The second-order valence-corrected chi connectivity index (χ2v) is 7.49. The van der Waals surface area contributed by atoms with Crippen LogP contribution in [-0.2, 0) is 10.0 Å². The number of rotatable bonds is 7. The van der Waals surface area contributed by atoms with Gasteiger partial charge in [-0.3, -0.25) is 0 Å². The molecule has 0 aromatic heterocycles. The van der Waals surface area contributed by atoms with Gasteiger partial charge in [0.25, 0.3) is 0 Å². The van der Waals surface area contributed by atoms with Crippen LogP contribution >= 0.6 is 0 Å². The molecule has 22 heavy (non-hydrogen) atoms. The van der Waals surface area contributed by atoms with E-state index in [0.29, 0.717) is 11.4 Å². The molecular weight excluding hydrogens is 294 g/mol. The van der Waals surface area contributed by atoms with Gasteiger partial charge in [0.15, 0.2) is 0 Å². The maximum absolute atomic E-state index is 12.9. The molecule has 1 aliphatic rings. The van der Waals surface area contributed by atoms with Crippen molar-refractivity contribution in [3.63, 3.8) is 0 Å². The van der Waals surface area contributed by atoms with Crippen LogP contribution in [0, 0.1) is 6.92 Å². The van der Waals surface area contributed by atoms with Gasteiger partial charge >= 0.3 is 0 Å². The van der Waals surface area contributed by atoms with Gasteiger partial charge in [-0.25, -0.2) is 8.42 Å². The first-order valence-electron chi connectivity index (χ1n) is 7.51. The van der Waals surface area contributed by atoms with Crippen LogP contribution < -0.4 is 0 Å². The lowest BCUT2D eigenvalue weighted by molar-refractivity contribution is 0.387. The predicted molar refractivity (Wildman–Crippen MR) is 91.2 cm³/mol. The molecule has 0 bridgehead atoms. The lowest BCUT2D eigenvalue weighted by Crippen LogP contribution is -2.36. The predicted octanol–water partition coefficient (Wildman–Crippen LogP) is 3.84. The maximum Gasteiger partial charge on any atom is 0.243 e. The molecule has 0 spiro atoms. The SMILES string of the molecule is C=CCCCC1C=C(C=C)CN1S(=O)(=O)c1ccc(C)cc1. The molecule has 0 saturated carbocycles. The fourth-order valence-corrected chi connectivity index (χ4v) is 4.21. The summed E-state index contributed by atoms with van der Waals surface area (Å²) in [7, 11) is -3.48. The van der Waals surface area contributed by atoms with Gasteiger partial charge in [-0.05, 0) is 43.9 Å². The highest BCUT2D eigenvalue weighted by molar-refractivity contribution is 7.89. The molecule has 1 heterocycles. The van der Waals surface area contributed by atoms with Crippen molar-refractivity contribution in [1.29, 1.82) is 0 Å². The molecule has 2 rings (SSSR count). The first-order valence-corrected chi connectivity index (χ1v) is 8.95. The minimum atomic E-state index is -3.48. The monoisotopic (exact) mass is 317 g/mol. The van der Waals surface area contributed by atoms with Crippen LogP contribution in [0.1, 0.15) is 24.8 Å². The van der Waals surface area contributed by atoms with Crippen molar-refractivity contribution in [1.82, 2.24) is 4.31 Å². The smallest absolute Gasteiger partial charge is 0.207 e. The summed E-state index contributed by atoms with van der Waals surface area (Å²) >= 11 is 0. The van der Waals surface area contributed by atoms with Crippen LogP contribution in [0.4, 0.5) is 0 Å². The fourth-order valence-electron chi connectivity index (χ4n) is 2.62. The summed E-state index contributed by atoms with van der Waals surface area (Å²) in [5.41, 5.74) is 2.02. The second-order valence-electron chi connectivity index (χ2n) is 5.60. The molecule has 1 aliphatic heterocycles. The second kappa shape index (κ2) is 7.07. The number of benzene rings is 1. The van der Waals surface area contributed by atoms with Crippen LogP contribution in [-0.4, -0.2) is 25.3 Å². The maximum atomic E-state index is 12.9. The number of nitrogens with zero attached hydrogens (tertiary/aromatic N) is 1. The van der Waals surface area contributed by atoms with Gasteiger partial charge in [-0.1, -0.05) is 42.5 Å². The number of hydrogen-bond acceptors (Lipinski definition) is 2. The van der Waals surface area contributed by atoms with Crippen LogP contribution in [0.2, 0.25) is 0 Å². The summed E-state index contributed by atoms with van der Waals surface area (Å²) in [6, 6.07) is 6.92. The standard InChI is InChI=1S/C18H23NO2S/c1-4-6-7-8-17-13-16(5-2)14-19(17)22(20,21)18-11-9-15(3)10-12-18/h4-5,9-13,17H,1-2,6-8,14H2,3H3. The van der Waals surface area contributed by atoms with Gasteiger partial charge in [0.2, 0.25) is 10.0 Å². The third-order valence-electron chi connectivity index (χ3n) is 3.91. The summed E-state index contributed by atoms with van der Waals surface area (Å²) in [5.74, 6) is 0. The van der Waals surface area contributed by atoms with Crippen molar-refractivity contribution in [2.24, 2.45) is 0 Å². The molecule has 3 nitrogen and oxygen atoms in total. The molecule has 0 saturated heterocycles. The van der Waals surface area contributed by atoms with E-state index in [4.69, 9.17) is 0 Å². The highest BCUT2D eigenvalue weighted by atomic mass is 32.2. The Morgan fingerprint density at radius 1 is 1.27 bits per heavy atom. The minimum Gasteiger partial charge on any atom is -0.207 e. The van der Waals surface area contributed by atoms with Gasteiger partial charge in [-0.15, -0.1) is 6.58 Å². The molecule has 0 fully saturated rings. The first-order chi connectivity index (χ1) is 10.5. The van der Waals surface area contributed by atoms with Crippen LogP contribution in [0.3, 0.4) is 0 Å². The Morgan fingerprint density at radius 3 is 2.55 bits per heavy atom. The average Bonchev–Trinajstić information content (AvgIpc) is 2.92. The number of sulfonamides is 1. The van der Waals surface area contributed by atoms with E-state index in [9.17, 15) is 8.42 Å². The Balaban J connectivity index is 2.25. The number of aryl methyl sites for hydroxylation is 1. The quantitative estimate of drug-likeness (QED) is 0.566. The molecule has 118 valence electrons. The van der Waals surface area contributed by atoms with Crippen molar-refractivity contribution in [2.75, 3.05) is 6.54 Å². The zero-order valence-electron chi connectivity index (χ0n) is 13.0. The van der Waals surface area contributed by atoms with E-state index in [1.807, 2.05) is 31.2 Å². The molecule has 1 aromatic rings. The van der Waals surface area contributed by atoms with Crippen LogP contribution in [0.25, 0.3) is 0 Å². The van der Waals surface area contributed by atoms with E-state index in [2.05, 4.69) is 13.2 Å². The van der Waals surface area contributed by atoms with Gasteiger partial charge in [0.1, 0.15) is 0 Å². The van der Waals surface area contributed by atoms with Crippen molar-refractivity contribution in [2.45, 2.75) is 37.1 Å². The summed E-state index contributed by atoms with van der Waals surface area (Å²) < 4.78 is 27.4. The zero-order valence-corrected chi connectivity index (χ0v) is 13.8. The third kappa shape index (κ3) is 3.57. The molecule has 1 unspecified atom stereocenters. The Kier molecular flexibility index (Phi) is 5.37. The highest BCUT2D eigenvalue weighted by Gasteiger charge is 2.34. The highest BCUT2D eigenvalue weighted by Crippen LogP contribution is 2.28. The largest absolute Gasteiger partial charge is 0.243 e. The normalized spacial score (nSPS) is 19.0. The Morgan fingerprint density at radius 2 is 1.95 bits per heavy atom. The van der Waals surface area contributed by atoms with E-state index in [1.54, 1.807) is 22.5 Å². The van der Waals surface area contributed by atoms with Crippen molar-refractivity contribution in [3.05, 3.63) is 66.8 Å². The Bertz CT molecular complexity index is 672. The van der Waals surface area contributed by atoms with E-state index in [1.165, 1.54) is 0 Å². The Labute approximate surface area is 133 Å². The van der Waals surface area contributed by atoms with Gasteiger partial charge < -0.3 is 0 Å². The van der Waals surface area contributed by atoms with Crippen LogP contribution in [0.5, 0.6) is 0 Å². The summed E-state index contributed by atoms with van der Waals surface area (Å²) in [6.45, 7) is 9.83. The molecule has 0 aliphatic carbocycles. The molecule has 1 atom stereocenters. The molecule has 0 N–H and O–H groups in total. The topological polar surface area (TPSA) is 37.4 Å². The van der Waals surface area contributed by atoms with Gasteiger partial charge in [0.05, 0.1) is 4.90 Å². The van der Waals surface area contributed by atoms with Crippen molar-refractivity contribution in [3.8, 4) is 0 Å². The number of allylic oxidation sites excluding steroid dienone is 1. The molecule has 0 amide bonds.